The fraction of sp³-hybridized carbons (Fsp3) is 0.267. The third-order valence-corrected chi connectivity index (χ3v) is 3.04. The maximum Gasteiger partial charge on any atom is 0.139 e. The summed E-state index contributed by atoms with van der Waals surface area (Å²) in [5.74, 6) is 0.0784. The maximum absolute atomic E-state index is 9.59. The highest BCUT2D eigenvalue weighted by Crippen LogP contribution is 2.21. The summed E-state index contributed by atoms with van der Waals surface area (Å²) in [6.45, 7) is -0.144. The van der Waals surface area contributed by atoms with Crippen LogP contribution in [0.5, 0.6) is 5.75 Å². The largest absolute Gasteiger partial charge is 0.506 e. The van der Waals surface area contributed by atoms with Gasteiger partial charge in [-0.1, -0.05) is 30.3 Å². The molecular weight excluding hydrogens is 226 g/mol. The number of hydrogen-bond donors (Lipinski definition) is 2. The van der Waals surface area contributed by atoms with Gasteiger partial charge in [-0.05, 0) is 30.4 Å². The van der Waals surface area contributed by atoms with Crippen molar-refractivity contribution in [1.82, 2.24) is 4.98 Å². The third-order valence-electron chi connectivity index (χ3n) is 3.04. The van der Waals surface area contributed by atoms with Crippen LogP contribution in [0.3, 0.4) is 0 Å². The molecule has 0 unspecified atom stereocenters. The van der Waals surface area contributed by atoms with Crippen molar-refractivity contribution in [3.8, 4) is 5.75 Å². The van der Waals surface area contributed by atoms with E-state index in [9.17, 15) is 10.2 Å². The van der Waals surface area contributed by atoms with E-state index >= 15 is 0 Å². The molecule has 3 heteroatoms. The van der Waals surface area contributed by atoms with Crippen molar-refractivity contribution in [1.29, 1.82) is 0 Å². The van der Waals surface area contributed by atoms with E-state index in [0.717, 1.165) is 24.8 Å². The van der Waals surface area contributed by atoms with Crippen molar-refractivity contribution in [2.24, 2.45) is 0 Å². The molecule has 18 heavy (non-hydrogen) atoms. The van der Waals surface area contributed by atoms with Gasteiger partial charge in [0.2, 0.25) is 0 Å². The number of aromatic nitrogens is 1. The molecule has 0 saturated heterocycles. The lowest BCUT2D eigenvalue weighted by molar-refractivity contribution is 0.273. The molecule has 2 aromatic rings. The van der Waals surface area contributed by atoms with Crippen LogP contribution in [-0.2, 0) is 19.4 Å². The third kappa shape index (κ3) is 3.08. The summed E-state index contributed by atoms with van der Waals surface area (Å²) >= 11 is 0. The predicted octanol–water partition coefficient (Wildman–Crippen LogP) is 2.45. The highest BCUT2D eigenvalue weighted by atomic mass is 16.3. The Kier molecular flexibility index (Phi) is 4.31. The second-order valence-electron chi connectivity index (χ2n) is 4.29. The molecule has 1 heterocycles. The maximum atomic E-state index is 9.59. The quantitative estimate of drug-likeness (QED) is 0.848. The van der Waals surface area contributed by atoms with Crippen molar-refractivity contribution in [3.63, 3.8) is 0 Å². The van der Waals surface area contributed by atoms with Crippen LogP contribution in [0.15, 0.2) is 42.7 Å². The summed E-state index contributed by atoms with van der Waals surface area (Å²) in [6, 6.07) is 10.3. The predicted molar refractivity (Wildman–Crippen MR) is 70.3 cm³/mol. The lowest BCUT2D eigenvalue weighted by Crippen LogP contribution is -1.97. The number of rotatable bonds is 5. The van der Waals surface area contributed by atoms with E-state index < -0.39 is 0 Å². The Morgan fingerprint density at radius 2 is 1.78 bits per heavy atom. The highest BCUT2D eigenvalue weighted by Gasteiger charge is 2.07. The molecule has 2 N–H and O–H groups in total. The molecule has 94 valence electrons. The average Bonchev–Trinajstić information content (AvgIpc) is 2.40. The van der Waals surface area contributed by atoms with Gasteiger partial charge in [-0.25, -0.2) is 0 Å². The first kappa shape index (κ1) is 12.6. The van der Waals surface area contributed by atoms with Crippen LogP contribution in [0, 0.1) is 0 Å². The fourth-order valence-corrected chi connectivity index (χ4v) is 2.04. The molecule has 0 radical (unpaired) electrons. The van der Waals surface area contributed by atoms with E-state index in [2.05, 4.69) is 17.1 Å². The minimum Gasteiger partial charge on any atom is -0.506 e. The second kappa shape index (κ2) is 6.17. The summed E-state index contributed by atoms with van der Waals surface area (Å²) in [5, 5.41) is 18.8. The van der Waals surface area contributed by atoms with Crippen LogP contribution in [-0.4, -0.2) is 15.2 Å². The molecule has 1 aromatic heterocycles. The molecule has 2 rings (SSSR count). The average molecular weight is 243 g/mol. The van der Waals surface area contributed by atoms with Crippen LogP contribution >= 0.6 is 0 Å². The van der Waals surface area contributed by atoms with Gasteiger partial charge in [0, 0.05) is 11.8 Å². The van der Waals surface area contributed by atoms with Gasteiger partial charge in [-0.15, -0.1) is 0 Å². The zero-order valence-corrected chi connectivity index (χ0v) is 10.2. The van der Waals surface area contributed by atoms with Gasteiger partial charge in [-0.3, -0.25) is 4.98 Å². The first-order chi connectivity index (χ1) is 8.81. The van der Waals surface area contributed by atoms with Crippen LogP contribution in [0.1, 0.15) is 23.1 Å². The normalized spacial score (nSPS) is 10.5. The number of aliphatic hydroxyl groups excluding tert-OH is 1. The van der Waals surface area contributed by atoms with Gasteiger partial charge in [0.1, 0.15) is 5.75 Å². The van der Waals surface area contributed by atoms with E-state index in [-0.39, 0.29) is 12.4 Å². The van der Waals surface area contributed by atoms with Gasteiger partial charge in [0.05, 0.1) is 12.8 Å². The number of aliphatic hydroxyl groups is 1. The minimum atomic E-state index is -0.144. The lowest BCUT2D eigenvalue weighted by atomic mass is 10.0. The number of aryl methyl sites for hydroxylation is 2. The fourth-order valence-electron chi connectivity index (χ4n) is 2.04. The van der Waals surface area contributed by atoms with Crippen LogP contribution in [0.4, 0.5) is 0 Å². The smallest absolute Gasteiger partial charge is 0.139 e. The molecule has 0 spiro atoms. The summed E-state index contributed by atoms with van der Waals surface area (Å²) in [5.41, 5.74) is 2.82. The van der Waals surface area contributed by atoms with Gasteiger partial charge < -0.3 is 10.2 Å². The van der Waals surface area contributed by atoms with Crippen molar-refractivity contribution >= 4 is 0 Å². The topological polar surface area (TPSA) is 53.4 Å². The van der Waals surface area contributed by atoms with Gasteiger partial charge in [0.25, 0.3) is 0 Å². The van der Waals surface area contributed by atoms with E-state index in [1.54, 1.807) is 6.20 Å². The molecule has 0 aliphatic heterocycles. The van der Waals surface area contributed by atoms with Crippen LogP contribution in [0.2, 0.25) is 0 Å². The molecule has 3 nitrogen and oxygen atoms in total. The Bertz CT molecular complexity index is 497. The number of pyridine rings is 1. The lowest BCUT2D eigenvalue weighted by Gasteiger charge is -2.08. The minimum absolute atomic E-state index is 0.0784. The summed E-state index contributed by atoms with van der Waals surface area (Å²) in [6.07, 6.45) is 5.86. The number of benzene rings is 1. The van der Waals surface area contributed by atoms with Gasteiger partial charge in [0.15, 0.2) is 0 Å². The Morgan fingerprint density at radius 3 is 2.50 bits per heavy atom. The summed E-state index contributed by atoms with van der Waals surface area (Å²) < 4.78 is 0. The standard InChI is InChI=1S/C15H17NO2/c17-11-14-13(9-16-10-15(14)18)8-4-7-12-5-2-1-3-6-12/h1-3,5-6,9-10,17-18H,4,7-8,11H2. The Morgan fingerprint density at radius 1 is 1.00 bits per heavy atom. The first-order valence-electron chi connectivity index (χ1n) is 6.10. The number of nitrogens with zero attached hydrogens (tertiary/aromatic N) is 1. The molecule has 0 fully saturated rings. The summed E-state index contributed by atoms with van der Waals surface area (Å²) in [7, 11) is 0. The Balaban J connectivity index is 1.96. The van der Waals surface area contributed by atoms with Crippen molar-refractivity contribution in [3.05, 3.63) is 59.4 Å². The zero-order chi connectivity index (χ0) is 12.8. The zero-order valence-electron chi connectivity index (χ0n) is 10.2. The molecule has 0 aliphatic carbocycles. The van der Waals surface area contributed by atoms with Gasteiger partial charge in [-0.2, -0.15) is 0 Å². The summed E-state index contributed by atoms with van der Waals surface area (Å²) in [4.78, 5) is 3.96. The van der Waals surface area contributed by atoms with E-state index in [1.807, 2.05) is 18.2 Å². The Labute approximate surface area is 107 Å². The number of aromatic hydroxyl groups is 1. The second-order valence-corrected chi connectivity index (χ2v) is 4.29. The van der Waals surface area contributed by atoms with E-state index in [1.165, 1.54) is 11.8 Å². The molecule has 1 aromatic carbocycles. The van der Waals surface area contributed by atoms with E-state index in [0.29, 0.717) is 5.56 Å². The SMILES string of the molecule is OCc1c(O)cncc1CCCc1ccccc1. The molecule has 0 bridgehead atoms. The van der Waals surface area contributed by atoms with Crippen molar-refractivity contribution < 1.29 is 10.2 Å². The van der Waals surface area contributed by atoms with Crippen LogP contribution < -0.4 is 0 Å². The first-order valence-corrected chi connectivity index (χ1v) is 6.10. The van der Waals surface area contributed by atoms with Crippen LogP contribution in [0.25, 0.3) is 0 Å². The molecular formula is C15H17NO2. The Hall–Kier alpha value is -1.87. The number of hydrogen-bond acceptors (Lipinski definition) is 3. The highest BCUT2D eigenvalue weighted by molar-refractivity contribution is 5.35. The van der Waals surface area contributed by atoms with E-state index in [4.69, 9.17) is 0 Å². The monoisotopic (exact) mass is 243 g/mol. The van der Waals surface area contributed by atoms with Crippen molar-refractivity contribution in [2.45, 2.75) is 25.9 Å². The van der Waals surface area contributed by atoms with Crippen molar-refractivity contribution in [2.75, 3.05) is 0 Å². The molecule has 0 amide bonds. The van der Waals surface area contributed by atoms with Gasteiger partial charge >= 0.3 is 0 Å². The molecule has 0 atom stereocenters. The molecule has 0 aliphatic rings. The molecule has 0 saturated carbocycles.